The van der Waals surface area contributed by atoms with Crippen LogP contribution in [-0.2, 0) is 19.1 Å². The summed E-state index contributed by atoms with van der Waals surface area (Å²) < 4.78 is 6.02. The van der Waals surface area contributed by atoms with Crippen LogP contribution in [0.3, 0.4) is 0 Å². The zero-order chi connectivity index (χ0) is 26.2. The lowest BCUT2D eigenvalue weighted by molar-refractivity contribution is -0.152. The molecule has 0 bridgehead atoms. The summed E-state index contributed by atoms with van der Waals surface area (Å²) in [5.74, 6) is 0.684. The number of hydrogen-bond donors (Lipinski definition) is 0. The summed E-state index contributed by atoms with van der Waals surface area (Å²) in [6.45, 7) is 4.76. The number of carbonyl (C=O) groups is 3. The highest BCUT2D eigenvalue weighted by molar-refractivity contribution is 5.97. The number of esters is 1. The van der Waals surface area contributed by atoms with Crippen molar-refractivity contribution >= 4 is 17.5 Å². The molecule has 0 heterocycles. The number of ether oxygens (including phenoxy) is 1. The summed E-state index contributed by atoms with van der Waals surface area (Å²) in [5, 5.41) is 0. The van der Waals surface area contributed by atoms with Gasteiger partial charge in [0, 0.05) is 23.7 Å². The SMILES string of the molecule is C[C@]12CC[C@H](C(=O)OCC3c4ccccc4-c4ccccc43)CC1=CC(=O)[C@@H]1[C@@H]2CC[C@]2(C)C(=O)CC[C@@H]12. The number of Topliss-reactive ketones (excluding diaryl/α,β-unsaturated/α-hetero) is 1. The van der Waals surface area contributed by atoms with Gasteiger partial charge in [0.05, 0.1) is 5.92 Å². The molecule has 3 fully saturated rings. The fourth-order valence-electron chi connectivity index (χ4n) is 9.10. The quantitative estimate of drug-likeness (QED) is 0.435. The molecule has 0 amide bonds. The van der Waals surface area contributed by atoms with Crippen LogP contribution in [0.15, 0.2) is 60.2 Å². The van der Waals surface area contributed by atoms with Crippen molar-refractivity contribution in [2.24, 2.45) is 34.5 Å². The van der Waals surface area contributed by atoms with Gasteiger partial charge in [0.1, 0.15) is 12.4 Å². The molecule has 5 aliphatic rings. The summed E-state index contributed by atoms with van der Waals surface area (Å²) in [6.07, 6.45) is 7.48. The van der Waals surface area contributed by atoms with E-state index in [1.54, 1.807) is 0 Å². The highest BCUT2D eigenvalue weighted by atomic mass is 16.5. The van der Waals surface area contributed by atoms with Gasteiger partial charge in [0.25, 0.3) is 0 Å². The Hall–Kier alpha value is -3.01. The van der Waals surface area contributed by atoms with Gasteiger partial charge in [-0.2, -0.15) is 0 Å². The molecule has 2 aromatic rings. The Morgan fingerprint density at radius 1 is 0.868 bits per heavy atom. The molecule has 7 rings (SSSR count). The zero-order valence-corrected chi connectivity index (χ0v) is 22.4. The summed E-state index contributed by atoms with van der Waals surface area (Å²) in [6, 6.07) is 16.8. The molecule has 5 aliphatic carbocycles. The van der Waals surface area contributed by atoms with Crippen LogP contribution < -0.4 is 0 Å². The Balaban J connectivity index is 1.08. The minimum absolute atomic E-state index is 0.0417. The largest absolute Gasteiger partial charge is 0.464 e. The maximum Gasteiger partial charge on any atom is 0.309 e. The fourth-order valence-corrected chi connectivity index (χ4v) is 9.10. The lowest BCUT2D eigenvalue weighted by Crippen LogP contribution is -2.53. The summed E-state index contributed by atoms with van der Waals surface area (Å²) in [4.78, 5) is 39.6. The standard InChI is InChI=1S/C34H36O4/c1-33-15-13-20(17-21(33)18-29(35)31-27-11-12-30(36)34(27,2)16-14-28(31)33)32(37)38-19-26-24-9-5-3-7-22(24)23-8-4-6-10-25(23)26/h3-10,18,20,26-28,31H,11-17,19H2,1-2H3/t20-,27-,28-,31-,33-,34-/m0/s1. The van der Waals surface area contributed by atoms with Crippen LogP contribution in [0.2, 0.25) is 0 Å². The molecule has 4 heteroatoms. The van der Waals surface area contributed by atoms with Crippen molar-refractivity contribution in [3.8, 4) is 11.1 Å². The second-order valence-electron chi connectivity index (χ2n) is 12.9. The third-order valence-electron chi connectivity index (χ3n) is 11.3. The Morgan fingerprint density at radius 3 is 2.21 bits per heavy atom. The maximum atomic E-state index is 13.5. The second kappa shape index (κ2) is 8.49. The number of benzene rings is 2. The number of ketones is 2. The van der Waals surface area contributed by atoms with Gasteiger partial charge in [-0.05, 0) is 84.1 Å². The van der Waals surface area contributed by atoms with E-state index in [-0.39, 0.29) is 52.2 Å². The Kier molecular flexibility index (Phi) is 5.38. The molecule has 38 heavy (non-hydrogen) atoms. The summed E-state index contributed by atoms with van der Waals surface area (Å²) in [5.41, 5.74) is 5.65. The number of allylic oxidation sites excluding steroid dienone is 2. The molecular formula is C34H36O4. The molecule has 3 saturated carbocycles. The molecule has 196 valence electrons. The van der Waals surface area contributed by atoms with Crippen LogP contribution in [0.5, 0.6) is 0 Å². The molecule has 0 aromatic heterocycles. The normalized spacial score (nSPS) is 35.5. The average Bonchev–Trinajstić information content (AvgIpc) is 3.41. The molecule has 0 spiro atoms. The van der Waals surface area contributed by atoms with Crippen molar-refractivity contribution < 1.29 is 19.1 Å². The molecule has 2 aromatic carbocycles. The minimum Gasteiger partial charge on any atom is -0.464 e. The fraction of sp³-hybridized carbons (Fsp3) is 0.500. The number of hydrogen-bond acceptors (Lipinski definition) is 4. The van der Waals surface area contributed by atoms with Gasteiger partial charge < -0.3 is 4.74 Å². The summed E-state index contributed by atoms with van der Waals surface area (Å²) in [7, 11) is 0. The zero-order valence-electron chi connectivity index (χ0n) is 22.4. The van der Waals surface area contributed by atoms with Crippen molar-refractivity contribution in [2.75, 3.05) is 6.61 Å². The van der Waals surface area contributed by atoms with Crippen molar-refractivity contribution in [1.29, 1.82) is 0 Å². The van der Waals surface area contributed by atoms with Crippen LogP contribution in [0.25, 0.3) is 11.1 Å². The first-order valence-corrected chi connectivity index (χ1v) is 14.4. The number of carbonyl (C=O) groups excluding carboxylic acids is 3. The topological polar surface area (TPSA) is 60.4 Å². The van der Waals surface area contributed by atoms with Gasteiger partial charge in [0.15, 0.2) is 5.78 Å². The molecule has 0 radical (unpaired) electrons. The van der Waals surface area contributed by atoms with E-state index in [1.165, 1.54) is 22.3 Å². The average molecular weight is 509 g/mol. The smallest absolute Gasteiger partial charge is 0.309 e. The third-order valence-corrected chi connectivity index (χ3v) is 11.3. The first kappa shape index (κ1) is 24.1. The van der Waals surface area contributed by atoms with E-state index < -0.39 is 0 Å². The van der Waals surface area contributed by atoms with Crippen LogP contribution in [0, 0.1) is 34.5 Å². The lowest BCUT2D eigenvalue weighted by Gasteiger charge is -2.56. The van der Waals surface area contributed by atoms with E-state index >= 15 is 0 Å². The molecule has 6 atom stereocenters. The first-order valence-electron chi connectivity index (χ1n) is 14.4. The molecule has 0 saturated heterocycles. The van der Waals surface area contributed by atoms with Crippen LogP contribution in [0.4, 0.5) is 0 Å². The van der Waals surface area contributed by atoms with Crippen molar-refractivity contribution in [2.45, 2.75) is 64.7 Å². The van der Waals surface area contributed by atoms with E-state index in [0.717, 1.165) is 37.7 Å². The van der Waals surface area contributed by atoms with E-state index in [4.69, 9.17) is 4.74 Å². The Labute approximate surface area is 224 Å². The van der Waals surface area contributed by atoms with Gasteiger partial charge in [0.2, 0.25) is 0 Å². The molecule has 4 nitrogen and oxygen atoms in total. The molecule has 0 unspecified atom stereocenters. The number of fused-ring (bicyclic) bond motifs is 8. The first-order chi connectivity index (χ1) is 18.3. The Morgan fingerprint density at radius 2 is 1.50 bits per heavy atom. The highest BCUT2D eigenvalue weighted by Crippen LogP contribution is 2.63. The van der Waals surface area contributed by atoms with E-state index in [9.17, 15) is 14.4 Å². The monoisotopic (exact) mass is 508 g/mol. The van der Waals surface area contributed by atoms with E-state index in [2.05, 4.69) is 62.4 Å². The summed E-state index contributed by atoms with van der Waals surface area (Å²) >= 11 is 0. The lowest BCUT2D eigenvalue weighted by atomic mass is 9.47. The molecular weight excluding hydrogens is 472 g/mol. The van der Waals surface area contributed by atoms with E-state index in [1.807, 2.05) is 6.08 Å². The number of rotatable bonds is 3. The predicted molar refractivity (Wildman–Crippen MR) is 145 cm³/mol. The molecule has 0 N–H and O–H groups in total. The van der Waals surface area contributed by atoms with Gasteiger partial charge in [-0.25, -0.2) is 0 Å². The van der Waals surface area contributed by atoms with Gasteiger partial charge in [-0.15, -0.1) is 0 Å². The van der Waals surface area contributed by atoms with Crippen LogP contribution in [0.1, 0.15) is 75.8 Å². The second-order valence-corrected chi connectivity index (χ2v) is 12.9. The van der Waals surface area contributed by atoms with Crippen LogP contribution >= 0.6 is 0 Å². The van der Waals surface area contributed by atoms with Crippen molar-refractivity contribution in [3.63, 3.8) is 0 Å². The molecule has 0 aliphatic heterocycles. The Bertz CT molecular complexity index is 1340. The van der Waals surface area contributed by atoms with Gasteiger partial charge in [-0.1, -0.05) is 68.0 Å². The van der Waals surface area contributed by atoms with Crippen molar-refractivity contribution in [3.05, 3.63) is 71.3 Å². The highest BCUT2D eigenvalue weighted by Gasteiger charge is 2.61. The van der Waals surface area contributed by atoms with Gasteiger partial charge >= 0.3 is 5.97 Å². The minimum atomic E-state index is -0.322. The van der Waals surface area contributed by atoms with Crippen molar-refractivity contribution in [1.82, 2.24) is 0 Å². The third kappa shape index (κ3) is 3.31. The van der Waals surface area contributed by atoms with Gasteiger partial charge in [-0.3, -0.25) is 14.4 Å². The van der Waals surface area contributed by atoms with E-state index in [0.29, 0.717) is 25.2 Å². The van der Waals surface area contributed by atoms with Crippen LogP contribution in [-0.4, -0.2) is 24.1 Å². The predicted octanol–water partition coefficient (Wildman–Crippen LogP) is 6.67. The maximum absolute atomic E-state index is 13.5.